The van der Waals surface area contributed by atoms with Crippen LogP contribution in [-0.2, 0) is 20.9 Å². The summed E-state index contributed by atoms with van der Waals surface area (Å²) in [5.74, 6) is -0.0496. The predicted molar refractivity (Wildman–Crippen MR) is 114 cm³/mol. The Hall–Kier alpha value is -3.92. The summed E-state index contributed by atoms with van der Waals surface area (Å²) in [5.41, 5.74) is 7.95. The molecule has 0 aliphatic carbocycles. The first-order chi connectivity index (χ1) is 15.0. The fraction of sp³-hybridized carbons (Fsp3) is 0.250. The highest BCUT2D eigenvalue weighted by molar-refractivity contribution is 5.92. The Morgan fingerprint density at radius 3 is 2.58 bits per heavy atom. The van der Waals surface area contributed by atoms with E-state index in [2.05, 4.69) is 6.07 Å². The summed E-state index contributed by atoms with van der Waals surface area (Å²) in [6.07, 6.45) is 0. The van der Waals surface area contributed by atoms with Crippen molar-refractivity contribution in [3.63, 3.8) is 0 Å². The third kappa shape index (κ3) is 4.64. The minimum absolute atomic E-state index is 0.0411. The van der Waals surface area contributed by atoms with E-state index in [0.717, 1.165) is 5.56 Å². The van der Waals surface area contributed by atoms with Gasteiger partial charge in [-0.15, -0.1) is 0 Å². The molecule has 0 saturated heterocycles. The first-order valence-corrected chi connectivity index (χ1v) is 9.80. The summed E-state index contributed by atoms with van der Waals surface area (Å²) >= 11 is 0. The average molecular weight is 420 g/mol. The van der Waals surface area contributed by atoms with Crippen molar-refractivity contribution in [1.82, 2.24) is 0 Å². The van der Waals surface area contributed by atoms with Crippen molar-refractivity contribution >= 4 is 5.97 Å². The molecule has 0 amide bonds. The normalized spacial score (nSPS) is 15.7. The number of benzene rings is 2. The minimum atomic E-state index is -0.747. The molecule has 0 radical (unpaired) electrons. The molecule has 0 bridgehead atoms. The first-order valence-electron chi connectivity index (χ1n) is 9.80. The van der Waals surface area contributed by atoms with Crippen LogP contribution in [0.5, 0.6) is 11.5 Å². The average Bonchev–Trinajstić information content (AvgIpc) is 2.77. The van der Waals surface area contributed by atoms with Gasteiger partial charge in [0.1, 0.15) is 24.0 Å². The van der Waals surface area contributed by atoms with Crippen LogP contribution in [0.2, 0.25) is 0 Å². The molecule has 0 saturated carbocycles. The molecule has 7 nitrogen and oxygen atoms in total. The van der Waals surface area contributed by atoms with Gasteiger partial charge in [-0.3, -0.25) is 0 Å². The maximum absolute atomic E-state index is 12.7. The zero-order chi connectivity index (χ0) is 22.4. The number of allylic oxidation sites excluding steroid dienone is 2. The second-order valence-electron chi connectivity index (χ2n) is 6.80. The van der Waals surface area contributed by atoms with E-state index in [1.165, 1.54) is 0 Å². The van der Waals surface area contributed by atoms with Crippen molar-refractivity contribution in [2.45, 2.75) is 26.4 Å². The van der Waals surface area contributed by atoms with Gasteiger partial charge in [0.25, 0.3) is 0 Å². The second kappa shape index (κ2) is 9.72. The molecule has 2 N–H and O–H groups in total. The Morgan fingerprint density at radius 2 is 1.94 bits per heavy atom. The van der Waals surface area contributed by atoms with Crippen LogP contribution in [0.25, 0.3) is 0 Å². The van der Waals surface area contributed by atoms with Gasteiger partial charge in [-0.05, 0) is 37.1 Å². The Balaban J connectivity index is 2.04. The molecule has 2 aromatic rings. The highest BCUT2D eigenvalue weighted by Crippen LogP contribution is 2.42. The number of carbonyl (C=O) groups is 1. The Kier molecular flexibility index (Phi) is 6.83. The number of carbonyl (C=O) groups excluding carboxylic acids is 1. The van der Waals surface area contributed by atoms with Crippen molar-refractivity contribution in [2.75, 3.05) is 13.7 Å². The SMILES string of the molecule is CCOC(=O)C1=C(C)OC(N)=C(C#N)C1c1ccc(OC)c(OCc2ccccc2)c1. The van der Waals surface area contributed by atoms with Gasteiger partial charge < -0.3 is 24.7 Å². The van der Waals surface area contributed by atoms with Gasteiger partial charge in [0, 0.05) is 0 Å². The molecule has 0 aromatic heterocycles. The largest absolute Gasteiger partial charge is 0.493 e. The van der Waals surface area contributed by atoms with Crippen LogP contribution < -0.4 is 15.2 Å². The quantitative estimate of drug-likeness (QED) is 0.677. The van der Waals surface area contributed by atoms with E-state index in [1.807, 2.05) is 30.3 Å². The third-order valence-electron chi connectivity index (χ3n) is 4.86. The molecular formula is C24H24N2O5. The fourth-order valence-electron chi connectivity index (χ4n) is 3.41. The molecule has 31 heavy (non-hydrogen) atoms. The van der Waals surface area contributed by atoms with Gasteiger partial charge in [-0.25, -0.2) is 4.79 Å². The van der Waals surface area contributed by atoms with Crippen LogP contribution in [-0.4, -0.2) is 19.7 Å². The number of hydrogen-bond donors (Lipinski definition) is 1. The van der Waals surface area contributed by atoms with E-state index >= 15 is 0 Å². The monoisotopic (exact) mass is 420 g/mol. The summed E-state index contributed by atoms with van der Waals surface area (Å²) in [5, 5.41) is 9.73. The summed E-state index contributed by atoms with van der Waals surface area (Å²) in [7, 11) is 1.55. The Labute approximate surface area is 181 Å². The van der Waals surface area contributed by atoms with E-state index in [1.54, 1.807) is 39.2 Å². The summed E-state index contributed by atoms with van der Waals surface area (Å²) < 4.78 is 22.1. The molecular weight excluding hydrogens is 396 g/mol. The lowest BCUT2D eigenvalue weighted by Gasteiger charge is -2.27. The van der Waals surface area contributed by atoms with Crippen molar-refractivity contribution < 1.29 is 23.7 Å². The minimum Gasteiger partial charge on any atom is -0.493 e. The standard InChI is InChI=1S/C24H24N2O5/c1-4-29-24(27)21-15(2)31-23(26)18(13-25)22(21)17-10-11-19(28-3)20(12-17)30-14-16-8-6-5-7-9-16/h5-12,22H,4,14,26H2,1-3H3. The van der Waals surface area contributed by atoms with Crippen molar-refractivity contribution in [3.8, 4) is 17.6 Å². The van der Waals surface area contributed by atoms with Gasteiger partial charge in [-0.2, -0.15) is 5.26 Å². The van der Waals surface area contributed by atoms with Crippen LogP contribution >= 0.6 is 0 Å². The first kappa shape index (κ1) is 21.8. The molecule has 160 valence electrons. The maximum atomic E-state index is 12.7. The molecule has 2 aromatic carbocycles. The van der Waals surface area contributed by atoms with Crippen LogP contribution in [0.15, 0.2) is 71.3 Å². The van der Waals surface area contributed by atoms with Crippen molar-refractivity contribution in [1.29, 1.82) is 5.26 Å². The van der Waals surface area contributed by atoms with Gasteiger partial charge >= 0.3 is 5.97 Å². The number of nitrogens with zero attached hydrogens (tertiary/aromatic N) is 1. The number of rotatable bonds is 7. The summed E-state index contributed by atoms with van der Waals surface area (Å²) in [4.78, 5) is 12.7. The summed E-state index contributed by atoms with van der Waals surface area (Å²) in [6, 6.07) is 17.0. The van der Waals surface area contributed by atoms with Crippen molar-refractivity contribution in [3.05, 3.63) is 82.4 Å². The number of esters is 1. The van der Waals surface area contributed by atoms with Crippen LogP contribution in [0.4, 0.5) is 0 Å². The Morgan fingerprint density at radius 1 is 1.19 bits per heavy atom. The molecule has 0 fully saturated rings. The lowest BCUT2D eigenvalue weighted by Crippen LogP contribution is -2.25. The topological polar surface area (TPSA) is 104 Å². The molecule has 0 spiro atoms. The van der Waals surface area contributed by atoms with Crippen LogP contribution in [0, 0.1) is 11.3 Å². The second-order valence-corrected chi connectivity index (χ2v) is 6.80. The number of nitriles is 1. The molecule has 7 heteroatoms. The maximum Gasteiger partial charge on any atom is 0.338 e. The zero-order valence-corrected chi connectivity index (χ0v) is 17.7. The lowest BCUT2D eigenvalue weighted by atomic mass is 9.83. The van der Waals surface area contributed by atoms with E-state index in [4.69, 9.17) is 24.7 Å². The van der Waals surface area contributed by atoms with E-state index in [9.17, 15) is 10.1 Å². The summed E-state index contributed by atoms with van der Waals surface area (Å²) in [6.45, 7) is 3.86. The third-order valence-corrected chi connectivity index (χ3v) is 4.86. The van der Waals surface area contributed by atoms with Crippen LogP contribution in [0.1, 0.15) is 30.9 Å². The highest BCUT2D eigenvalue weighted by atomic mass is 16.5. The van der Waals surface area contributed by atoms with Gasteiger partial charge in [0.2, 0.25) is 5.88 Å². The smallest absolute Gasteiger partial charge is 0.338 e. The van der Waals surface area contributed by atoms with Crippen molar-refractivity contribution in [2.24, 2.45) is 5.73 Å². The molecule has 1 unspecified atom stereocenters. The van der Waals surface area contributed by atoms with Gasteiger partial charge in [-0.1, -0.05) is 36.4 Å². The molecule has 3 rings (SSSR count). The number of hydrogen-bond acceptors (Lipinski definition) is 7. The number of nitrogens with two attached hydrogens (primary N) is 1. The zero-order valence-electron chi connectivity index (χ0n) is 17.7. The van der Waals surface area contributed by atoms with Gasteiger partial charge in [0.05, 0.1) is 25.2 Å². The number of ether oxygens (including phenoxy) is 4. The molecule has 1 atom stereocenters. The molecule has 1 heterocycles. The van der Waals surface area contributed by atoms with Gasteiger partial charge in [0.15, 0.2) is 11.5 Å². The van der Waals surface area contributed by atoms with E-state index < -0.39 is 11.9 Å². The van der Waals surface area contributed by atoms with E-state index in [0.29, 0.717) is 29.4 Å². The number of methoxy groups -OCH3 is 1. The molecule has 1 aliphatic heterocycles. The highest BCUT2D eigenvalue weighted by Gasteiger charge is 2.36. The van der Waals surface area contributed by atoms with E-state index in [-0.39, 0.29) is 23.6 Å². The van der Waals surface area contributed by atoms with Crippen LogP contribution in [0.3, 0.4) is 0 Å². The predicted octanol–water partition coefficient (Wildman–Crippen LogP) is 3.92. The molecule has 1 aliphatic rings. The Bertz CT molecular complexity index is 1070. The lowest BCUT2D eigenvalue weighted by molar-refractivity contribution is -0.139. The fourth-order valence-corrected chi connectivity index (χ4v) is 3.41.